The molecule has 0 saturated heterocycles. The Morgan fingerprint density at radius 1 is 0.444 bits per heavy atom. The first-order valence-corrected chi connectivity index (χ1v) is 18.4. The third-order valence-electron chi connectivity index (χ3n) is 10.6. The summed E-state index contributed by atoms with van der Waals surface area (Å²) in [6, 6.07) is 52.7. The van der Waals surface area contributed by atoms with Gasteiger partial charge in [0.1, 0.15) is 11.6 Å². The number of nitrogens with zero attached hydrogens (tertiary/aromatic N) is 6. The summed E-state index contributed by atoms with van der Waals surface area (Å²) >= 11 is 0. The Morgan fingerprint density at radius 3 is 1.70 bits per heavy atom. The van der Waals surface area contributed by atoms with Crippen LogP contribution in [0.3, 0.4) is 0 Å². The molecule has 6 aromatic heterocycles. The van der Waals surface area contributed by atoms with Gasteiger partial charge in [-0.15, -0.1) is 0 Å². The molecule has 0 aliphatic heterocycles. The summed E-state index contributed by atoms with van der Waals surface area (Å²) in [5.74, 6) is 1.69. The lowest BCUT2D eigenvalue weighted by Gasteiger charge is -2.14. The average Bonchev–Trinajstić information content (AvgIpc) is 3.77. The van der Waals surface area contributed by atoms with Crippen LogP contribution in [0, 0.1) is 0 Å². The number of aryl methyl sites for hydroxylation is 1. The molecule has 1 aliphatic carbocycles. The van der Waals surface area contributed by atoms with Crippen molar-refractivity contribution in [1.29, 1.82) is 0 Å². The molecule has 0 spiro atoms. The van der Waals surface area contributed by atoms with Gasteiger partial charge in [-0.3, -0.25) is 14.1 Å². The maximum atomic E-state index is 5.31. The summed E-state index contributed by atoms with van der Waals surface area (Å²) in [6.45, 7) is 0. The van der Waals surface area contributed by atoms with E-state index >= 15 is 0 Å². The van der Waals surface area contributed by atoms with Gasteiger partial charge in [-0.25, -0.2) is 15.0 Å². The molecule has 6 heterocycles. The van der Waals surface area contributed by atoms with E-state index in [1.807, 2.05) is 24.4 Å². The second-order valence-corrected chi connectivity index (χ2v) is 13.8. The van der Waals surface area contributed by atoms with E-state index in [-0.39, 0.29) is 0 Å². The number of hydrogen-bond donors (Lipinski definition) is 0. The Kier molecular flexibility index (Phi) is 6.89. The van der Waals surface area contributed by atoms with Crippen LogP contribution in [0.15, 0.2) is 164 Å². The molecule has 0 radical (unpaired) electrons. The Balaban J connectivity index is 1.10. The van der Waals surface area contributed by atoms with Crippen LogP contribution >= 0.6 is 0 Å². The molecule has 0 atom stereocenters. The number of para-hydroxylation sites is 3. The number of rotatable bonds is 5. The number of benzene rings is 4. The van der Waals surface area contributed by atoms with Crippen LogP contribution in [0.2, 0.25) is 0 Å². The zero-order valence-corrected chi connectivity index (χ0v) is 29.3. The van der Waals surface area contributed by atoms with E-state index in [2.05, 4.69) is 155 Å². The lowest BCUT2D eigenvalue weighted by Crippen LogP contribution is -2.04. The number of aromatic nitrogens is 6. The lowest BCUT2D eigenvalue weighted by molar-refractivity contribution is 0.952. The first-order valence-electron chi connectivity index (χ1n) is 18.4. The second-order valence-electron chi connectivity index (χ2n) is 13.8. The van der Waals surface area contributed by atoms with Gasteiger partial charge in [0.05, 0.1) is 50.7 Å². The van der Waals surface area contributed by atoms with Crippen molar-refractivity contribution in [3.8, 4) is 45.7 Å². The molecule has 10 aromatic rings. The molecule has 0 saturated carbocycles. The third-order valence-corrected chi connectivity index (χ3v) is 10.6. The molecule has 0 amide bonds. The highest BCUT2D eigenvalue weighted by atomic mass is 15.1. The van der Waals surface area contributed by atoms with Crippen LogP contribution in [0.5, 0.6) is 0 Å². The molecule has 4 aromatic carbocycles. The van der Waals surface area contributed by atoms with E-state index in [1.54, 1.807) is 0 Å². The van der Waals surface area contributed by atoms with Crippen molar-refractivity contribution in [2.45, 2.75) is 12.8 Å². The smallest absolute Gasteiger partial charge is 0.138 e. The van der Waals surface area contributed by atoms with Crippen molar-refractivity contribution >= 4 is 49.6 Å². The second kappa shape index (κ2) is 12.2. The van der Waals surface area contributed by atoms with Crippen molar-refractivity contribution in [1.82, 2.24) is 29.1 Å². The van der Waals surface area contributed by atoms with E-state index < -0.39 is 0 Å². The minimum Gasteiger partial charge on any atom is -0.294 e. The lowest BCUT2D eigenvalue weighted by atomic mass is 10.0. The van der Waals surface area contributed by atoms with E-state index in [0.29, 0.717) is 0 Å². The van der Waals surface area contributed by atoms with Gasteiger partial charge in [0.25, 0.3) is 0 Å². The molecule has 54 heavy (non-hydrogen) atoms. The fourth-order valence-corrected chi connectivity index (χ4v) is 8.17. The largest absolute Gasteiger partial charge is 0.294 e. The summed E-state index contributed by atoms with van der Waals surface area (Å²) in [5.41, 5.74) is 10.8. The fourth-order valence-electron chi connectivity index (χ4n) is 8.17. The molecular weight excluding hydrogens is 661 g/mol. The minimum atomic E-state index is 0.749. The first kappa shape index (κ1) is 30.4. The van der Waals surface area contributed by atoms with E-state index in [0.717, 1.165) is 85.8 Å². The van der Waals surface area contributed by atoms with Gasteiger partial charge < -0.3 is 0 Å². The molecule has 0 bridgehead atoms. The minimum absolute atomic E-state index is 0.749. The fraction of sp³-hybridized carbons (Fsp3) is 0.0417. The van der Waals surface area contributed by atoms with Crippen molar-refractivity contribution in [2.24, 2.45) is 0 Å². The number of fused-ring (bicyclic) bond motifs is 7. The third kappa shape index (κ3) is 4.88. The van der Waals surface area contributed by atoms with Crippen molar-refractivity contribution in [3.63, 3.8) is 0 Å². The first-order chi connectivity index (χ1) is 26.8. The highest BCUT2D eigenvalue weighted by molar-refractivity contribution is 6.09. The predicted molar refractivity (Wildman–Crippen MR) is 220 cm³/mol. The molecular formula is C48H32N6. The van der Waals surface area contributed by atoms with Gasteiger partial charge in [-0.2, -0.15) is 0 Å². The van der Waals surface area contributed by atoms with Crippen LogP contribution in [0.4, 0.5) is 0 Å². The zero-order chi connectivity index (χ0) is 35.6. The topological polar surface area (TPSA) is 61.4 Å². The highest BCUT2D eigenvalue weighted by Crippen LogP contribution is 2.36. The molecule has 6 nitrogen and oxygen atoms in total. The quantitative estimate of drug-likeness (QED) is 0.180. The number of hydrogen-bond acceptors (Lipinski definition) is 4. The van der Waals surface area contributed by atoms with Gasteiger partial charge >= 0.3 is 0 Å². The predicted octanol–water partition coefficient (Wildman–Crippen LogP) is 11.4. The molecule has 254 valence electrons. The van der Waals surface area contributed by atoms with Crippen LogP contribution in [-0.2, 0) is 6.42 Å². The van der Waals surface area contributed by atoms with Crippen LogP contribution in [0.25, 0.3) is 95.2 Å². The number of pyridine rings is 4. The Morgan fingerprint density at radius 2 is 1.02 bits per heavy atom. The summed E-state index contributed by atoms with van der Waals surface area (Å²) in [7, 11) is 0. The summed E-state index contributed by atoms with van der Waals surface area (Å²) in [5, 5.41) is 5.91. The molecule has 0 fully saturated rings. The summed E-state index contributed by atoms with van der Waals surface area (Å²) in [4.78, 5) is 20.8. The van der Waals surface area contributed by atoms with Gasteiger partial charge in [0, 0.05) is 33.3 Å². The van der Waals surface area contributed by atoms with Gasteiger partial charge in [-0.1, -0.05) is 97.1 Å². The van der Waals surface area contributed by atoms with Crippen LogP contribution in [0.1, 0.15) is 17.7 Å². The summed E-state index contributed by atoms with van der Waals surface area (Å²) < 4.78 is 4.53. The van der Waals surface area contributed by atoms with E-state index in [4.69, 9.17) is 19.9 Å². The van der Waals surface area contributed by atoms with Crippen LogP contribution < -0.4 is 0 Å². The Labute approximate surface area is 311 Å². The van der Waals surface area contributed by atoms with E-state index in [1.165, 1.54) is 27.4 Å². The standard InChI is InChI=1S/C48H32N6/c1-2-14-32-30-49-40(27-31(32)13-1)33-28-41(38-19-11-25-47(51-38)53-43-21-7-3-15-34(43)35-16-4-8-22-44(35)53)50-42(29-33)39-20-12-26-48(52-39)54-45-23-9-5-17-36(45)37-18-6-10-24-46(37)54/h1-5,7-17,19-30H,6,18H2. The Hall–Kier alpha value is -7.18. The molecule has 1 aliphatic rings. The highest BCUT2D eigenvalue weighted by Gasteiger charge is 2.20. The molecule has 6 heteroatoms. The van der Waals surface area contributed by atoms with Crippen molar-refractivity contribution < 1.29 is 0 Å². The molecule has 0 N–H and O–H groups in total. The monoisotopic (exact) mass is 692 g/mol. The maximum absolute atomic E-state index is 5.31. The summed E-state index contributed by atoms with van der Waals surface area (Å²) in [6.07, 6.45) is 8.51. The van der Waals surface area contributed by atoms with Crippen LogP contribution in [-0.4, -0.2) is 29.1 Å². The molecule has 11 rings (SSSR count). The average molecular weight is 693 g/mol. The van der Waals surface area contributed by atoms with Crippen molar-refractivity contribution in [3.05, 3.63) is 175 Å². The molecule has 0 unspecified atom stereocenters. The number of allylic oxidation sites excluding steroid dienone is 1. The maximum Gasteiger partial charge on any atom is 0.138 e. The normalized spacial score (nSPS) is 12.6. The SMILES string of the molecule is C1=Cc2c(c3ccccc3n2-c2cccc(-c3cc(-c4cc5ccccc5cn4)cc(-c4cccc(-n5c6ccccc6c6ccccc65)n4)n3)n2)CC1. The zero-order valence-electron chi connectivity index (χ0n) is 29.3. The van der Waals surface area contributed by atoms with Crippen molar-refractivity contribution in [2.75, 3.05) is 0 Å². The van der Waals surface area contributed by atoms with Gasteiger partial charge in [0.15, 0.2) is 0 Å². The Bertz CT molecular complexity index is 3080. The van der Waals surface area contributed by atoms with E-state index in [9.17, 15) is 0 Å². The van der Waals surface area contributed by atoms with Gasteiger partial charge in [0.2, 0.25) is 0 Å². The van der Waals surface area contributed by atoms with Gasteiger partial charge in [-0.05, 0) is 90.5 Å².